The van der Waals surface area contributed by atoms with Crippen LogP contribution in [0.15, 0.2) is 46.9 Å². The Hall–Kier alpha value is -1.83. The van der Waals surface area contributed by atoms with Crippen molar-refractivity contribution in [3.8, 4) is 17.6 Å². The molecule has 2 aromatic rings. The lowest BCUT2D eigenvalue weighted by molar-refractivity contribution is 0.281. The fourth-order valence-electron chi connectivity index (χ4n) is 1.62. The van der Waals surface area contributed by atoms with Crippen LogP contribution in [-0.4, -0.2) is 5.11 Å². The summed E-state index contributed by atoms with van der Waals surface area (Å²) in [5, 5.41) is 17.6. The molecule has 0 atom stereocenters. The fraction of sp³-hybridized carbons (Fsp3) is 0.133. The summed E-state index contributed by atoms with van der Waals surface area (Å²) in [6, 6.07) is 14.9. The summed E-state index contributed by atoms with van der Waals surface area (Å²) in [7, 11) is 0. The monoisotopic (exact) mass is 317 g/mol. The van der Waals surface area contributed by atoms with Gasteiger partial charge in [-0.3, -0.25) is 0 Å². The lowest BCUT2D eigenvalue weighted by atomic mass is 10.1. The maximum Gasteiger partial charge on any atom is 0.141 e. The maximum absolute atomic E-state index is 9.04. The van der Waals surface area contributed by atoms with Gasteiger partial charge in [-0.15, -0.1) is 0 Å². The summed E-state index contributed by atoms with van der Waals surface area (Å²) < 4.78 is 6.52. The average Bonchev–Trinajstić information content (AvgIpc) is 2.43. The topological polar surface area (TPSA) is 53.2 Å². The van der Waals surface area contributed by atoms with Crippen molar-refractivity contribution in [1.29, 1.82) is 5.26 Å². The first-order chi connectivity index (χ1) is 9.22. The predicted molar refractivity (Wildman–Crippen MR) is 75.9 cm³/mol. The van der Waals surface area contributed by atoms with Crippen molar-refractivity contribution in [3.05, 3.63) is 58.1 Å². The summed E-state index contributed by atoms with van der Waals surface area (Å²) in [6.45, 7) is 0.00172. The quantitative estimate of drug-likeness (QED) is 0.933. The number of aliphatic hydroxyl groups excluding tert-OH is 1. The third kappa shape index (κ3) is 3.57. The van der Waals surface area contributed by atoms with Crippen LogP contribution in [0.3, 0.4) is 0 Å². The first-order valence-electron chi connectivity index (χ1n) is 5.76. The minimum absolute atomic E-state index is 0.00172. The summed E-state index contributed by atoms with van der Waals surface area (Å²) >= 11 is 3.41. The normalized spacial score (nSPS) is 9.95. The van der Waals surface area contributed by atoms with Gasteiger partial charge in [-0.2, -0.15) is 5.26 Å². The maximum atomic E-state index is 9.04. The lowest BCUT2D eigenvalue weighted by Gasteiger charge is -2.09. The second-order valence-electron chi connectivity index (χ2n) is 4.00. The molecule has 0 aliphatic carbocycles. The molecule has 0 heterocycles. The van der Waals surface area contributed by atoms with Crippen molar-refractivity contribution >= 4 is 15.9 Å². The number of nitriles is 1. The molecule has 0 unspecified atom stereocenters. The SMILES string of the molecule is N#CCc1ccc(Oc2ccc(CO)cc2Br)cc1. The second-order valence-corrected chi connectivity index (χ2v) is 4.86. The zero-order chi connectivity index (χ0) is 13.7. The van der Waals surface area contributed by atoms with Gasteiger partial charge in [0.2, 0.25) is 0 Å². The second kappa shape index (κ2) is 6.37. The molecule has 0 bridgehead atoms. The minimum Gasteiger partial charge on any atom is -0.456 e. The van der Waals surface area contributed by atoms with Crippen molar-refractivity contribution < 1.29 is 9.84 Å². The molecule has 0 amide bonds. The number of ether oxygens (including phenoxy) is 1. The molecule has 4 heteroatoms. The van der Waals surface area contributed by atoms with Gasteiger partial charge in [-0.25, -0.2) is 0 Å². The zero-order valence-electron chi connectivity index (χ0n) is 10.1. The molecule has 2 rings (SSSR count). The van der Waals surface area contributed by atoms with Crippen LogP contribution in [0.25, 0.3) is 0 Å². The predicted octanol–water partition coefficient (Wildman–Crippen LogP) is 3.80. The Morgan fingerprint density at radius 1 is 1.11 bits per heavy atom. The highest BCUT2D eigenvalue weighted by Gasteiger charge is 2.04. The van der Waals surface area contributed by atoms with Crippen LogP contribution in [0, 0.1) is 11.3 Å². The van der Waals surface area contributed by atoms with Crippen LogP contribution in [0.5, 0.6) is 11.5 Å². The molecule has 2 aromatic carbocycles. The first kappa shape index (κ1) is 13.6. The fourth-order valence-corrected chi connectivity index (χ4v) is 2.13. The van der Waals surface area contributed by atoms with Crippen LogP contribution in [0.1, 0.15) is 11.1 Å². The molecule has 96 valence electrons. The van der Waals surface area contributed by atoms with E-state index in [9.17, 15) is 0 Å². The number of rotatable bonds is 4. The number of benzene rings is 2. The summed E-state index contributed by atoms with van der Waals surface area (Å²) in [4.78, 5) is 0. The molecule has 0 aliphatic heterocycles. The van der Waals surface area contributed by atoms with Crippen LogP contribution < -0.4 is 4.74 Å². The molecule has 0 saturated carbocycles. The Bertz CT molecular complexity index is 603. The van der Waals surface area contributed by atoms with Crippen LogP contribution in [0.2, 0.25) is 0 Å². The van der Waals surface area contributed by atoms with E-state index < -0.39 is 0 Å². The molecule has 3 nitrogen and oxygen atoms in total. The highest BCUT2D eigenvalue weighted by molar-refractivity contribution is 9.10. The number of hydrogen-bond donors (Lipinski definition) is 1. The third-order valence-corrected chi connectivity index (χ3v) is 3.23. The zero-order valence-corrected chi connectivity index (χ0v) is 11.7. The van der Waals surface area contributed by atoms with Crippen LogP contribution in [0.4, 0.5) is 0 Å². The number of aliphatic hydroxyl groups is 1. The summed E-state index contributed by atoms with van der Waals surface area (Å²) in [5.41, 5.74) is 1.79. The van der Waals surface area contributed by atoms with Gasteiger partial charge in [0, 0.05) is 0 Å². The molecule has 0 aromatic heterocycles. The Morgan fingerprint density at radius 3 is 2.37 bits per heavy atom. The van der Waals surface area contributed by atoms with Gasteiger partial charge in [-0.05, 0) is 51.3 Å². The molecule has 0 aliphatic rings. The molecule has 0 fully saturated rings. The summed E-state index contributed by atoms with van der Waals surface area (Å²) in [6.07, 6.45) is 0.398. The van der Waals surface area contributed by atoms with E-state index in [2.05, 4.69) is 22.0 Å². The molecule has 0 radical (unpaired) electrons. The first-order valence-corrected chi connectivity index (χ1v) is 6.55. The minimum atomic E-state index is 0.00172. The molecule has 0 saturated heterocycles. The van der Waals surface area contributed by atoms with E-state index in [1.54, 1.807) is 6.07 Å². The Morgan fingerprint density at radius 2 is 1.79 bits per heavy atom. The molecular formula is C15H12BrNO2. The van der Waals surface area contributed by atoms with E-state index in [4.69, 9.17) is 15.1 Å². The molecule has 1 N–H and O–H groups in total. The van der Waals surface area contributed by atoms with Crippen molar-refractivity contribution in [3.63, 3.8) is 0 Å². The van der Waals surface area contributed by atoms with Crippen LogP contribution in [-0.2, 0) is 13.0 Å². The van der Waals surface area contributed by atoms with E-state index in [1.165, 1.54) is 0 Å². The largest absolute Gasteiger partial charge is 0.456 e. The van der Waals surface area contributed by atoms with E-state index >= 15 is 0 Å². The highest BCUT2D eigenvalue weighted by Crippen LogP contribution is 2.30. The van der Waals surface area contributed by atoms with Gasteiger partial charge in [0.05, 0.1) is 23.6 Å². The Balaban J connectivity index is 2.15. The standard InChI is InChI=1S/C15H12BrNO2/c16-14-9-12(10-18)3-6-15(14)19-13-4-1-11(2-5-13)7-8-17/h1-6,9,18H,7,10H2. The van der Waals surface area contributed by atoms with Crippen molar-refractivity contribution in [1.82, 2.24) is 0 Å². The van der Waals surface area contributed by atoms with Gasteiger partial charge in [0.15, 0.2) is 0 Å². The van der Waals surface area contributed by atoms with Gasteiger partial charge in [-0.1, -0.05) is 18.2 Å². The van der Waals surface area contributed by atoms with Crippen molar-refractivity contribution in [2.75, 3.05) is 0 Å². The molecule has 19 heavy (non-hydrogen) atoms. The van der Waals surface area contributed by atoms with E-state index in [1.807, 2.05) is 36.4 Å². The number of hydrogen-bond acceptors (Lipinski definition) is 3. The van der Waals surface area contributed by atoms with Crippen molar-refractivity contribution in [2.45, 2.75) is 13.0 Å². The van der Waals surface area contributed by atoms with E-state index in [0.29, 0.717) is 17.9 Å². The summed E-state index contributed by atoms with van der Waals surface area (Å²) in [5.74, 6) is 1.39. The Labute approximate surface area is 120 Å². The lowest BCUT2D eigenvalue weighted by Crippen LogP contribution is -1.89. The van der Waals surface area contributed by atoms with Gasteiger partial charge < -0.3 is 9.84 Å². The number of halogens is 1. The Kier molecular flexibility index (Phi) is 4.56. The van der Waals surface area contributed by atoms with Crippen LogP contribution >= 0.6 is 15.9 Å². The average molecular weight is 318 g/mol. The van der Waals surface area contributed by atoms with Gasteiger partial charge >= 0.3 is 0 Å². The third-order valence-electron chi connectivity index (χ3n) is 2.61. The van der Waals surface area contributed by atoms with Crippen molar-refractivity contribution in [2.24, 2.45) is 0 Å². The molecule has 0 spiro atoms. The molecular weight excluding hydrogens is 306 g/mol. The van der Waals surface area contributed by atoms with E-state index in [-0.39, 0.29) is 6.61 Å². The highest BCUT2D eigenvalue weighted by atomic mass is 79.9. The van der Waals surface area contributed by atoms with Gasteiger partial charge in [0.25, 0.3) is 0 Å². The van der Waals surface area contributed by atoms with E-state index in [0.717, 1.165) is 15.6 Å². The smallest absolute Gasteiger partial charge is 0.141 e. The number of nitrogens with zero attached hydrogens (tertiary/aromatic N) is 1. The van der Waals surface area contributed by atoms with Gasteiger partial charge in [0.1, 0.15) is 11.5 Å².